The zero-order chi connectivity index (χ0) is 15.1. The highest BCUT2D eigenvalue weighted by molar-refractivity contribution is 6.30. The molecule has 0 saturated heterocycles. The number of halogens is 1. The molecule has 0 bridgehead atoms. The third-order valence-corrected chi connectivity index (χ3v) is 2.58. The summed E-state index contributed by atoms with van der Waals surface area (Å²) in [5.41, 5.74) is 5.67. The number of nitrogens with one attached hydrogen (secondary N) is 2. The van der Waals surface area contributed by atoms with Gasteiger partial charge in [-0.1, -0.05) is 25.4 Å². The predicted molar refractivity (Wildman–Crippen MR) is 76.6 cm³/mol. The van der Waals surface area contributed by atoms with E-state index in [9.17, 15) is 9.59 Å². The van der Waals surface area contributed by atoms with Crippen molar-refractivity contribution in [3.63, 3.8) is 0 Å². The molecule has 7 heteroatoms. The summed E-state index contributed by atoms with van der Waals surface area (Å²) in [6, 6.07) is 4.51. The van der Waals surface area contributed by atoms with E-state index in [4.69, 9.17) is 22.1 Å². The second-order valence-electron chi connectivity index (χ2n) is 4.49. The van der Waals surface area contributed by atoms with Crippen LogP contribution in [-0.4, -0.2) is 24.6 Å². The lowest BCUT2D eigenvalue weighted by atomic mass is 10.2. The molecule has 0 aromatic heterocycles. The fraction of sp³-hybridized carbons (Fsp3) is 0.385. The van der Waals surface area contributed by atoms with Crippen molar-refractivity contribution in [2.24, 2.45) is 5.73 Å². The van der Waals surface area contributed by atoms with Gasteiger partial charge in [-0.15, -0.1) is 0 Å². The number of hydrogen-bond donors (Lipinski definition) is 3. The fourth-order valence-corrected chi connectivity index (χ4v) is 1.65. The molecule has 4 N–H and O–H groups in total. The van der Waals surface area contributed by atoms with Crippen molar-refractivity contribution in [1.82, 2.24) is 10.6 Å². The molecule has 110 valence electrons. The molecule has 1 aromatic rings. The van der Waals surface area contributed by atoms with Gasteiger partial charge in [-0.2, -0.15) is 0 Å². The molecule has 1 aromatic carbocycles. The lowest BCUT2D eigenvalue weighted by molar-refractivity contribution is -0.121. The number of carbonyl (C=O) groups is 2. The summed E-state index contributed by atoms with van der Waals surface area (Å²) in [6.07, 6.45) is 0. The Labute approximate surface area is 122 Å². The van der Waals surface area contributed by atoms with E-state index in [1.807, 2.05) is 19.2 Å². The lowest BCUT2D eigenvalue weighted by Gasteiger charge is -2.13. The van der Waals surface area contributed by atoms with Crippen LogP contribution in [0, 0.1) is 0 Å². The molecule has 20 heavy (non-hydrogen) atoms. The van der Waals surface area contributed by atoms with Gasteiger partial charge in [-0.05, 0) is 18.2 Å². The molecule has 0 atom stereocenters. The first-order valence-corrected chi connectivity index (χ1v) is 6.50. The van der Waals surface area contributed by atoms with Gasteiger partial charge < -0.3 is 15.8 Å². The van der Waals surface area contributed by atoms with Crippen LogP contribution in [0.3, 0.4) is 0 Å². The van der Waals surface area contributed by atoms with E-state index in [1.54, 1.807) is 18.2 Å². The monoisotopic (exact) mass is 299 g/mol. The van der Waals surface area contributed by atoms with Gasteiger partial charge in [0.2, 0.25) is 0 Å². The topological polar surface area (TPSA) is 93.4 Å². The van der Waals surface area contributed by atoms with Crippen LogP contribution < -0.4 is 21.1 Å². The summed E-state index contributed by atoms with van der Waals surface area (Å²) < 4.78 is 5.37. The van der Waals surface area contributed by atoms with Crippen LogP contribution in [0.15, 0.2) is 18.2 Å². The Kier molecular flexibility index (Phi) is 6.27. The molecular formula is C13H18ClN3O3. The van der Waals surface area contributed by atoms with Crippen LogP contribution in [0.2, 0.25) is 5.02 Å². The molecule has 0 unspecified atom stereocenters. The summed E-state index contributed by atoms with van der Waals surface area (Å²) in [7, 11) is 0. The van der Waals surface area contributed by atoms with E-state index in [0.29, 0.717) is 23.4 Å². The average Bonchev–Trinajstić information content (AvgIpc) is 2.34. The van der Waals surface area contributed by atoms with E-state index >= 15 is 0 Å². The maximum absolute atomic E-state index is 11.3. The summed E-state index contributed by atoms with van der Waals surface area (Å²) in [6.45, 7) is 4.31. The first-order chi connectivity index (χ1) is 9.38. The van der Waals surface area contributed by atoms with Crippen LogP contribution >= 0.6 is 11.6 Å². The number of carbonyl (C=O) groups excluding carboxylic acids is 2. The minimum Gasteiger partial charge on any atom is -0.483 e. The van der Waals surface area contributed by atoms with Crippen LogP contribution in [0.25, 0.3) is 0 Å². The molecule has 1 rings (SSSR count). The number of ether oxygens (including phenoxy) is 1. The Bertz CT molecular complexity index is 492. The van der Waals surface area contributed by atoms with Gasteiger partial charge in [0.25, 0.3) is 5.91 Å². The van der Waals surface area contributed by atoms with Gasteiger partial charge in [0.15, 0.2) is 6.61 Å². The number of imide groups is 1. The molecule has 0 aliphatic carbocycles. The van der Waals surface area contributed by atoms with Gasteiger partial charge in [0.05, 0.1) is 0 Å². The van der Waals surface area contributed by atoms with Crippen molar-refractivity contribution >= 4 is 23.5 Å². The molecule has 0 spiro atoms. The smallest absolute Gasteiger partial charge is 0.318 e. The van der Waals surface area contributed by atoms with E-state index in [2.05, 4.69) is 5.32 Å². The third kappa shape index (κ3) is 5.90. The molecule has 0 radical (unpaired) electrons. The highest BCUT2D eigenvalue weighted by Crippen LogP contribution is 2.23. The minimum absolute atomic E-state index is 0.292. The molecule has 3 amide bonds. The largest absolute Gasteiger partial charge is 0.483 e. The first kappa shape index (κ1) is 16.3. The Morgan fingerprint density at radius 2 is 2.10 bits per heavy atom. The Morgan fingerprint density at radius 3 is 2.70 bits per heavy atom. The van der Waals surface area contributed by atoms with Crippen molar-refractivity contribution in [1.29, 1.82) is 0 Å². The van der Waals surface area contributed by atoms with Gasteiger partial charge in [0, 0.05) is 23.2 Å². The number of nitrogens with two attached hydrogens (primary N) is 1. The number of hydrogen-bond acceptors (Lipinski definition) is 4. The molecule has 0 aliphatic heterocycles. The Hall–Kier alpha value is -1.79. The highest BCUT2D eigenvalue weighted by atomic mass is 35.5. The highest BCUT2D eigenvalue weighted by Gasteiger charge is 2.09. The maximum atomic E-state index is 11.3. The molecule has 0 aliphatic rings. The molecule has 0 fully saturated rings. The molecular weight excluding hydrogens is 282 g/mol. The zero-order valence-corrected chi connectivity index (χ0v) is 12.2. The Balaban J connectivity index is 2.68. The normalized spacial score (nSPS) is 10.4. The van der Waals surface area contributed by atoms with Crippen LogP contribution in [0.4, 0.5) is 4.79 Å². The number of urea groups is 1. The van der Waals surface area contributed by atoms with E-state index in [0.717, 1.165) is 5.56 Å². The summed E-state index contributed by atoms with van der Waals surface area (Å²) in [4.78, 5) is 21.8. The second kappa shape index (κ2) is 7.72. The predicted octanol–water partition coefficient (Wildman–Crippen LogP) is 1.41. The maximum Gasteiger partial charge on any atom is 0.318 e. The summed E-state index contributed by atoms with van der Waals surface area (Å²) in [5.74, 6) is -0.0719. The van der Waals surface area contributed by atoms with Gasteiger partial charge in [-0.3, -0.25) is 10.1 Å². The van der Waals surface area contributed by atoms with Crippen LogP contribution in [0.5, 0.6) is 5.75 Å². The number of primary amides is 1. The Morgan fingerprint density at radius 1 is 1.40 bits per heavy atom. The quantitative estimate of drug-likeness (QED) is 0.740. The van der Waals surface area contributed by atoms with Crippen LogP contribution in [-0.2, 0) is 11.3 Å². The van der Waals surface area contributed by atoms with E-state index in [1.165, 1.54) is 0 Å². The summed E-state index contributed by atoms with van der Waals surface area (Å²) in [5, 5.41) is 5.75. The minimum atomic E-state index is -0.906. The first-order valence-electron chi connectivity index (χ1n) is 6.12. The van der Waals surface area contributed by atoms with Crippen molar-refractivity contribution in [3.05, 3.63) is 28.8 Å². The fourth-order valence-electron chi connectivity index (χ4n) is 1.46. The van der Waals surface area contributed by atoms with Gasteiger partial charge in [0.1, 0.15) is 5.75 Å². The van der Waals surface area contributed by atoms with E-state index in [-0.39, 0.29) is 6.61 Å². The zero-order valence-electron chi connectivity index (χ0n) is 11.4. The van der Waals surface area contributed by atoms with E-state index < -0.39 is 11.9 Å². The molecule has 6 nitrogen and oxygen atoms in total. The van der Waals surface area contributed by atoms with Gasteiger partial charge in [-0.25, -0.2) is 4.79 Å². The average molecular weight is 300 g/mol. The number of benzene rings is 1. The number of amides is 3. The molecule has 0 saturated carbocycles. The van der Waals surface area contributed by atoms with Crippen molar-refractivity contribution in [2.75, 3.05) is 6.61 Å². The van der Waals surface area contributed by atoms with Crippen LogP contribution in [0.1, 0.15) is 19.4 Å². The van der Waals surface area contributed by atoms with Crippen molar-refractivity contribution in [2.45, 2.75) is 26.4 Å². The van der Waals surface area contributed by atoms with Gasteiger partial charge >= 0.3 is 6.03 Å². The van der Waals surface area contributed by atoms with Crippen molar-refractivity contribution < 1.29 is 14.3 Å². The van der Waals surface area contributed by atoms with Crippen molar-refractivity contribution in [3.8, 4) is 5.75 Å². The lowest BCUT2D eigenvalue weighted by Crippen LogP contribution is -2.38. The summed E-state index contributed by atoms with van der Waals surface area (Å²) >= 11 is 5.94. The SMILES string of the molecule is CC(C)NCc1cc(Cl)ccc1OCC(=O)NC(N)=O. The molecule has 0 heterocycles. The third-order valence-electron chi connectivity index (χ3n) is 2.34. The second-order valence-corrected chi connectivity index (χ2v) is 4.93. The standard InChI is InChI=1S/C13H18ClN3O3/c1-8(2)16-6-9-5-10(14)3-4-11(9)20-7-12(18)17-13(15)19/h3-5,8,16H,6-7H2,1-2H3,(H3,15,17,18,19). The number of rotatable bonds is 6.